The minimum atomic E-state index is -0.546. The maximum Gasteiger partial charge on any atom is 0.272 e. The average molecular weight is 416 g/mol. The number of nitrogens with one attached hydrogen (secondary N) is 1. The molecule has 0 saturated carbocycles. The van der Waals surface area contributed by atoms with Gasteiger partial charge in [-0.1, -0.05) is 30.3 Å². The highest BCUT2D eigenvalue weighted by atomic mass is 16.5. The number of hydrogen-bond acceptors (Lipinski definition) is 5. The van der Waals surface area contributed by atoms with Crippen molar-refractivity contribution in [2.45, 2.75) is 32.4 Å². The molecule has 3 rings (SSSR count). The Balaban J connectivity index is 1.76. The first-order valence-corrected chi connectivity index (χ1v) is 9.99. The van der Waals surface area contributed by atoms with Crippen LogP contribution >= 0.6 is 0 Å². The minimum Gasteiger partial charge on any atom is -0.497 e. The number of nitrogens with zero attached hydrogens (tertiary/aromatic N) is 3. The highest BCUT2D eigenvalue weighted by Gasteiger charge is 2.16. The molecular formula is C24H24N4O3. The van der Waals surface area contributed by atoms with Crippen LogP contribution in [0.15, 0.2) is 65.6 Å². The van der Waals surface area contributed by atoms with Crippen LogP contribution in [-0.4, -0.2) is 28.6 Å². The van der Waals surface area contributed by atoms with Crippen LogP contribution in [0, 0.1) is 11.3 Å². The molecule has 0 spiro atoms. The SMILES string of the molecule is COc1ccc(-c2ncc(C#N)c(=O)n2CC(=O)NC(C)CCc2ccccc2)cc1. The van der Waals surface area contributed by atoms with Gasteiger partial charge < -0.3 is 10.1 Å². The first-order valence-electron chi connectivity index (χ1n) is 9.99. The maximum atomic E-state index is 12.7. The summed E-state index contributed by atoms with van der Waals surface area (Å²) in [6, 6.07) is 18.8. The monoisotopic (exact) mass is 416 g/mol. The fourth-order valence-electron chi connectivity index (χ4n) is 3.25. The number of rotatable bonds is 8. The normalized spacial score (nSPS) is 11.4. The molecule has 158 valence electrons. The average Bonchev–Trinajstić information content (AvgIpc) is 2.80. The quantitative estimate of drug-likeness (QED) is 0.609. The lowest BCUT2D eigenvalue weighted by atomic mass is 10.1. The van der Waals surface area contributed by atoms with Gasteiger partial charge in [0.2, 0.25) is 5.91 Å². The number of nitriles is 1. The zero-order chi connectivity index (χ0) is 22.2. The van der Waals surface area contributed by atoms with Crippen molar-refractivity contribution in [1.29, 1.82) is 5.26 Å². The molecular weight excluding hydrogens is 392 g/mol. The first kappa shape index (κ1) is 21.8. The van der Waals surface area contributed by atoms with E-state index in [1.165, 1.54) is 16.3 Å². The molecule has 1 aromatic heterocycles. The highest BCUT2D eigenvalue weighted by Crippen LogP contribution is 2.20. The Morgan fingerprint density at radius 2 is 1.90 bits per heavy atom. The Morgan fingerprint density at radius 1 is 1.19 bits per heavy atom. The summed E-state index contributed by atoms with van der Waals surface area (Å²) in [6.45, 7) is 1.70. The second kappa shape index (κ2) is 10.2. The van der Waals surface area contributed by atoms with Gasteiger partial charge in [0.15, 0.2) is 0 Å². The van der Waals surface area contributed by atoms with Gasteiger partial charge in [0.25, 0.3) is 5.56 Å². The first-order chi connectivity index (χ1) is 15.0. The number of aromatic nitrogens is 2. The van der Waals surface area contributed by atoms with Gasteiger partial charge >= 0.3 is 0 Å². The third-order valence-electron chi connectivity index (χ3n) is 4.93. The molecule has 0 radical (unpaired) electrons. The fourth-order valence-corrected chi connectivity index (χ4v) is 3.25. The van der Waals surface area contributed by atoms with Gasteiger partial charge in [0.1, 0.15) is 29.8 Å². The number of carbonyl (C=O) groups excluding carboxylic acids is 1. The van der Waals surface area contributed by atoms with Crippen LogP contribution < -0.4 is 15.6 Å². The molecule has 0 saturated heterocycles. The van der Waals surface area contributed by atoms with Crippen LogP contribution in [0.2, 0.25) is 0 Å². The Bertz CT molecular complexity index is 1130. The van der Waals surface area contributed by atoms with E-state index in [0.717, 1.165) is 12.8 Å². The van der Waals surface area contributed by atoms with Gasteiger partial charge in [-0.15, -0.1) is 0 Å². The van der Waals surface area contributed by atoms with E-state index in [-0.39, 0.29) is 24.1 Å². The van der Waals surface area contributed by atoms with Crippen molar-refractivity contribution in [3.8, 4) is 23.2 Å². The van der Waals surface area contributed by atoms with Gasteiger partial charge in [0, 0.05) is 11.6 Å². The Labute approximate surface area is 180 Å². The standard InChI is InChI=1S/C24H24N4O3/c1-17(8-9-18-6-4-3-5-7-18)27-22(29)16-28-23(26-15-20(14-25)24(28)30)19-10-12-21(31-2)13-11-19/h3-7,10-13,15,17H,8-9,16H2,1-2H3,(H,27,29). The van der Waals surface area contributed by atoms with E-state index >= 15 is 0 Å². The summed E-state index contributed by atoms with van der Waals surface area (Å²) in [4.78, 5) is 29.7. The number of amides is 1. The van der Waals surface area contributed by atoms with Gasteiger partial charge in [-0.2, -0.15) is 5.26 Å². The topological polar surface area (TPSA) is 97.0 Å². The number of ether oxygens (including phenoxy) is 1. The molecule has 0 aliphatic rings. The van der Waals surface area contributed by atoms with Crippen LogP contribution in [0.3, 0.4) is 0 Å². The molecule has 3 aromatic rings. The Morgan fingerprint density at radius 3 is 2.55 bits per heavy atom. The lowest BCUT2D eigenvalue weighted by Gasteiger charge is -2.16. The second-order valence-electron chi connectivity index (χ2n) is 7.22. The Kier molecular flexibility index (Phi) is 7.17. The van der Waals surface area contributed by atoms with Crippen molar-refractivity contribution in [1.82, 2.24) is 14.9 Å². The molecule has 1 unspecified atom stereocenters. The van der Waals surface area contributed by atoms with Crippen molar-refractivity contribution in [3.63, 3.8) is 0 Å². The summed E-state index contributed by atoms with van der Waals surface area (Å²) in [5, 5.41) is 12.1. The molecule has 7 nitrogen and oxygen atoms in total. The summed E-state index contributed by atoms with van der Waals surface area (Å²) >= 11 is 0. The third-order valence-corrected chi connectivity index (χ3v) is 4.93. The molecule has 0 bridgehead atoms. The van der Waals surface area contributed by atoms with E-state index in [0.29, 0.717) is 17.1 Å². The molecule has 1 N–H and O–H groups in total. The molecule has 0 aliphatic carbocycles. The summed E-state index contributed by atoms with van der Waals surface area (Å²) < 4.78 is 6.40. The number of benzene rings is 2. The summed E-state index contributed by atoms with van der Waals surface area (Å²) in [5.41, 5.74) is 1.19. The molecule has 31 heavy (non-hydrogen) atoms. The zero-order valence-electron chi connectivity index (χ0n) is 17.5. The predicted molar refractivity (Wildman–Crippen MR) is 118 cm³/mol. The smallest absolute Gasteiger partial charge is 0.272 e. The van der Waals surface area contributed by atoms with Crippen molar-refractivity contribution in [3.05, 3.63) is 82.3 Å². The summed E-state index contributed by atoms with van der Waals surface area (Å²) in [7, 11) is 1.56. The predicted octanol–water partition coefficient (Wildman–Crippen LogP) is 2.93. The molecule has 1 heterocycles. The van der Waals surface area contributed by atoms with Crippen LogP contribution in [-0.2, 0) is 17.8 Å². The van der Waals surface area contributed by atoms with Crippen molar-refractivity contribution in [2.24, 2.45) is 0 Å². The second-order valence-corrected chi connectivity index (χ2v) is 7.22. The van der Waals surface area contributed by atoms with E-state index < -0.39 is 5.56 Å². The van der Waals surface area contributed by atoms with Crippen molar-refractivity contribution < 1.29 is 9.53 Å². The summed E-state index contributed by atoms with van der Waals surface area (Å²) in [6.07, 6.45) is 2.84. The van der Waals surface area contributed by atoms with Crippen molar-refractivity contribution in [2.75, 3.05) is 7.11 Å². The lowest BCUT2D eigenvalue weighted by Crippen LogP contribution is -2.38. The maximum absolute atomic E-state index is 12.7. The fraction of sp³-hybridized carbons (Fsp3) is 0.250. The van der Waals surface area contributed by atoms with Gasteiger partial charge in [0.05, 0.1) is 13.3 Å². The van der Waals surface area contributed by atoms with Gasteiger partial charge in [-0.25, -0.2) is 4.98 Å². The molecule has 2 aromatic carbocycles. The minimum absolute atomic E-state index is 0.0695. The third kappa shape index (κ3) is 5.58. The van der Waals surface area contributed by atoms with E-state index in [4.69, 9.17) is 4.74 Å². The number of hydrogen-bond donors (Lipinski definition) is 1. The van der Waals surface area contributed by atoms with E-state index in [9.17, 15) is 14.9 Å². The van der Waals surface area contributed by atoms with Crippen molar-refractivity contribution >= 4 is 5.91 Å². The van der Waals surface area contributed by atoms with Gasteiger partial charge in [-0.05, 0) is 49.6 Å². The van der Waals surface area contributed by atoms with E-state index in [1.807, 2.05) is 43.3 Å². The van der Waals surface area contributed by atoms with Gasteiger partial charge in [-0.3, -0.25) is 14.2 Å². The number of carbonyl (C=O) groups is 1. The van der Waals surface area contributed by atoms with Crippen LogP contribution in [0.4, 0.5) is 0 Å². The molecule has 0 aliphatic heterocycles. The van der Waals surface area contributed by atoms with Crippen LogP contribution in [0.1, 0.15) is 24.5 Å². The highest BCUT2D eigenvalue weighted by molar-refractivity contribution is 5.76. The largest absolute Gasteiger partial charge is 0.497 e. The summed E-state index contributed by atoms with van der Waals surface area (Å²) in [5.74, 6) is 0.671. The molecule has 7 heteroatoms. The van der Waals surface area contributed by atoms with E-state index in [1.54, 1.807) is 31.4 Å². The Hall–Kier alpha value is -3.92. The molecule has 1 amide bonds. The van der Waals surface area contributed by atoms with Crippen LogP contribution in [0.25, 0.3) is 11.4 Å². The molecule has 1 atom stereocenters. The number of methoxy groups -OCH3 is 1. The lowest BCUT2D eigenvalue weighted by molar-refractivity contribution is -0.122. The van der Waals surface area contributed by atoms with Crippen LogP contribution in [0.5, 0.6) is 5.75 Å². The van der Waals surface area contributed by atoms with E-state index in [2.05, 4.69) is 10.3 Å². The molecule has 0 fully saturated rings. The number of aryl methyl sites for hydroxylation is 1. The zero-order valence-corrected chi connectivity index (χ0v) is 17.5.